The summed E-state index contributed by atoms with van der Waals surface area (Å²) in [6.07, 6.45) is -18.1. The zero-order valence-corrected chi connectivity index (χ0v) is 18.6. The van der Waals surface area contributed by atoms with Crippen molar-refractivity contribution in [3.8, 4) is 0 Å². The predicted molar refractivity (Wildman–Crippen MR) is 97.9 cm³/mol. The Balaban J connectivity index is 2.70. The van der Waals surface area contributed by atoms with E-state index in [1.165, 1.54) is 0 Å². The van der Waals surface area contributed by atoms with Gasteiger partial charge in [-0.05, 0) is 0 Å². The third-order valence-electron chi connectivity index (χ3n) is 5.01. The van der Waals surface area contributed by atoms with Crippen molar-refractivity contribution < 1.29 is 67.3 Å². The minimum Gasteiger partial charge on any atom is -0.460 e. The van der Waals surface area contributed by atoms with Crippen LogP contribution in [-0.4, -0.2) is 92.9 Å². The molecule has 1 unspecified atom stereocenters. The fourth-order valence-corrected chi connectivity index (χ4v) is 3.07. The molecule has 208 valence electrons. The molecule has 0 spiro atoms. The van der Waals surface area contributed by atoms with Crippen LogP contribution in [0.4, 0.5) is 48.3 Å². The summed E-state index contributed by atoms with van der Waals surface area (Å²) in [6, 6.07) is 0. The molecule has 0 saturated carbocycles. The summed E-state index contributed by atoms with van der Waals surface area (Å²) in [5.41, 5.74) is 0. The first-order valence-corrected chi connectivity index (χ1v) is 10.4. The van der Waals surface area contributed by atoms with E-state index in [9.17, 15) is 53.1 Å². The molecule has 0 N–H and O–H groups in total. The largest absolute Gasteiger partial charge is 0.460 e. The van der Waals surface area contributed by atoms with Crippen LogP contribution in [-0.2, 0) is 19.0 Å². The van der Waals surface area contributed by atoms with Crippen molar-refractivity contribution in [2.45, 2.75) is 68.6 Å². The van der Waals surface area contributed by atoms with Crippen LogP contribution in [0.15, 0.2) is 0 Å². The van der Waals surface area contributed by atoms with E-state index in [1.807, 2.05) is 4.90 Å². The molecule has 16 heteroatoms. The number of ether oxygens (including phenoxy) is 3. The van der Waals surface area contributed by atoms with Gasteiger partial charge in [0.25, 0.3) is 5.92 Å². The van der Waals surface area contributed by atoms with Gasteiger partial charge in [0.2, 0.25) is 0 Å². The van der Waals surface area contributed by atoms with Gasteiger partial charge in [0, 0.05) is 39.4 Å². The second kappa shape index (κ2) is 12.2. The summed E-state index contributed by atoms with van der Waals surface area (Å²) in [5.74, 6) is -22.4. The van der Waals surface area contributed by atoms with Crippen molar-refractivity contribution in [2.75, 3.05) is 46.1 Å². The second-order valence-corrected chi connectivity index (χ2v) is 8.11. The molecule has 0 aliphatic carbocycles. The van der Waals surface area contributed by atoms with Gasteiger partial charge in [-0.25, -0.2) is 8.78 Å². The lowest BCUT2D eigenvalue weighted by Gasteiger charge is -2.31. The predicted octanol–water partition coefficient (Wildman–Crippen LogP) is 4.93. The fraction of sp³-hybridized carbons (Fsp3) is 0.947. The van der Waals surface area contributed by atoms with Crippen molar-refractivity contribution >= 4 is 5.97 Å². The third-order valence-corrected chi connectivity index (χ3v) is 5.01. The lowest BCUT2D eigenvalue weighted by molar-refractivity contribution is -0.302. The Hall–Kier alpha value is -1.42. The Kier molecular flexibility index (Phi) is 11.0. The van der Waals surface area contributed by atoms with Crippen LogP contribution in [0.2, 0.25) is 0 Å². The molecule has 35 heavy (non-hydrogen) atoms. The summed E-state index contributed by atoms with van der Waals surface area (Å²) >= 11 is 0. The molecule has 1 atom stereocenters. The molecule has 0 amide bonds. The van der Waals surface area contributed by atoms with Crippen LogP contribution >= 0.6 is 0 Å². The first-order valence-electron chi connectivity index (χ1n) is 10.4. The number of rotatable bonds is 14. The van der Waals surface area contributed by atoms with Gasteiger partial charge in [-0.15, -0.1) is 0 Å². The highest BCUT2D eigenvalue weighted by molar-refractivity contribution is 5.66. The highest BCUT2D eigenvalue weighted by Crippen LogP contribution is 2.47. The van der Waals surface area contributed by atoms with E-state index in [4.69, 9.17) is 9.47 Å². The molecule has 1 rings (SSSR count). The van der Waals surface area contributed by atoms with Crippen LogP contribution in [0, 0.1) is 0 Å². The summed E-state index contributed by atoms with van der Waals surface area (Å²) in [5, 5.41) is 0. The quantitative estimate of drug-likeness (QED) is 0.177. The Morgan fingerprint density at radius 1 is 0.886 bits per heavy atom. The minimum atomic E-state index is -6.37. The van der Waals surface area contributed by atoms with Gasteiger partial charge in [-0.1, -0.05) is 0 Å². The summed E-state index contributed by atoms with van der Waals surface area (Å²) in [4.78, 5) is 13.0. The number of nitrogens with zero attached hydrogens (tertiary/aromatic N) is 1. The van der Waals surface area contributed by atoms with Crippen LogP contribution in [0.3, 0.4) is 0 Å². The smallest absolute Gasteiger partial charge is 0.453 e. The van der Waals surface area contributed by atoms with Crippen LogP contribution in [0.25, 0.3) is 0 Å². The van der Waals surface area contributed by atoms with Crippen LogP contribution in [0.1, 0.15) is 32.6 Å². The summed E-state index contributed by atoms with van der Waals surface area (Å²) < 4.78 is 160. The Morgan fingerprint density at radius 3 is 1.97 bits per heavy atom. The number of carbonyl (C=O) groups is 1. The highest BCUT2D eigenvalue weighted by atomic mass is 19.4. The standard InChI is InChI=1S/C19H26F11NO4/c1-13(32)35-14(11-34-9-6-31-4-7-33-8-5-31)10-17(24,25)16(22,23)3-2-15(20,21)12-18(26,27)19(28,29)30/h14H,2-12H2,1H3. The van der Waals surface area contributed by atoms with E-state index in [0.29, 0.717) is 32.8 Å². The highest BCUT2D eigenvalue weighted by Gasteiger charge is 2.63. The topological polar surface area (TPSA) is 48.0 Å². The van der Waals surface area contributed by atoms with Crippen molar-refractivity contribution in [3.63, 3.8) is 0 Å². The van der Waals surface area contributed by atoms with Crippen molar-refractivity contribution in [2.24, 2.45) is 0 Å². The van der Waals surface area contributed by atoms with Crippen molar-refractivity contribution in [3.05, 3.63) is 0 Å². The Bertz CT molecular complexity index is 668. The number of hydrogen-bond donors (Lipinski definition) is 0. The zero-order valence-electron chi connectivity index (χ0n) is 18.6. The SMILES string of the molecule is CC(=O)OC(COCCN1CCOCC1)CC(F)(F)C(F)(F)CCC(F)(F)CC(F)(F)C(F)(F)F. The Labute approximate surface area is 193 Å². The van der Waals surface area contributed by atoms with E-state index in [2.05, 4.69) is 4.74 Å². The average molecular weight is 541 g/mol. The van der Waals surface area contributed by atoms with E-state index >= 15 is 0 Å². The number of morpholine rings is 1. The molecule has 1 aliphatic rings. The number of esters is 1. The normalized spacial score (nSPS) is 17.9. The molecule has 0 bridgehead atoms. The van der Waals surface area contributed by atoms with Gasteiger partial charge in [-0.2, -0.15) is 39.5 Å². The zero-order chi connectivity index (χ0) is 27.1. The van der Waals surface area contributed by atoms with E-state index in [0.717, 1.165) is 6.92 Å². The van der Waals surface area contributed by atoms with Crippen LogP contribution < -0.4 is 0 Å². The van der Waals surface area contributed by atoms with Crippen molar-refractivity contribution in [1.29, 1.82) is 0 Å². The second-order valence-electron chi connectivity index (χ2n) is 8.11. The average Bonchev–Trinajstić information content (AvgIpc) is 2.68. The molecule has 1 heterocycles. The lowest BCUT2D eigenvalue weighted by Crippen LogP contribution is -2.46. The van der Waals surface area contributed by atoms with Gasteiger partial charge in [0.1, 0.15) is 6.10 Å². The van der Waals surface area contributed by atoms with E-state index < -0.39 is 74.2 Å². The maximum absolute atomic E-state index is 14.2. The number of hydrogen-bond acceptors (Lipinski definition) is 5. The molecular formula is C19H26F11NO4. The molecule has 5 nitrogen and oxygen atoms in total. The fourth-order valence-electron chi connectivity index (χ4n) is 3.07. The summed E-state index contributed by atoms with van der Waals surface area (Å²) in [6.45, 7) is 2.43. The molecule has 1 aliphatic heterocycles. The van der Waals surface area contributed by atoms with Crippen LogP contribution in [0.5, 0.6) is 0 Å². The van der Waals surface area contributed by atoms with Crippen molar-refractivity contribution in [1.82, 2.24) is 4.90 Å². The summed E-state index contributed by atoms with van der Waals surface area (Å²) in [7, 11) is 0. The molecule has 1 fully saturated rings. The monoisotopic (exact) mass is 541 g/mol. The van der Waals surface area contributed by atoms with E-state index in [1.54, 1.807) is 0 Å². The maximum atomic E-state index is 14.2. The molecule has 0 aromatic rings. The molecule has 0 aromatic carbocycles. The first-order chi connectivity index (χ1) is 15.8. The maximum Gasteiger partial charge on any atom is 0.453 e. The Morgan fingerprint density at radius 2 is 1.46 bits per heavy atom. The van der Waals surface area contributed by atoms with Gasteiger partial charge in [0.05, 0.1) is 39.3 Å². The molecule has 1 saturated heterocycles. The molecule has 0 radical (unpaired) electrons. The van der Waals surface area contributed by atoms with Gasteiger partial charge in [0.15, 0.2) is 0 Å². The third kappa shape index (κ3) is 10.6. The minimum absolute atomic E-state index is 0.0423. The molecular weight excluding hydrogens is 515 g/mol. The molecule has 0 aromatic heterocycles. The van der Waals surface area contributed by atoms with Gasteiger partial charge in [-0.3, -0.25) is 9.69 Å². The lowest BCUT2D eigenvalue weighted by atomic mass is 9.96. The number of carbonyl (C=O) groups excluding carboxylic acids is 1. The number of alkyl halides is 11. The first kappa shape index (κ1) is 31.6. The van der Waals surface area contributed by atoms with Gasteiger partial charge < -0.3 is 14.2 Å². The van der Waals surface area contributed by atoms with E-state index in [-0.39, 0.29) is 6.61 Å². The van der Waals surface area contributed by atoms with Gasteiger partial charge >= 0.3 is 29.9 Å². The number of halogens is 11.